The highest BCUT2D eigenvalue weighted by atomic mass is 32.2. The van der Waals surface area contributed by atoms with E-state index in [0.717, 1.165) is 12.1 Å². The fourth-order valence-electron chi connectivity index (χ4n) is 3.55. The molecule has 2 aromatic rings. The van der Waals surface area contributed by atoms with Crippen molar-refractivity contribution in [3.63, 3.8) is 0 Å². The Hall–Kier alpha value is -2.68. The van der Waals surface area contributed by atoms with Crippen LogP contribution >= 0.6 is 0 Å². The number of rotatable bonds is 9. The maximum absolute atomic E-state index is 13.0. The summed E-state index contributed by atoms with van der Waals surface area (Å²) in [5.74, 6) is 0.244. The average molecular weight is 472 g/mol. The third-order valence-electron chi connectivity index (χ3n) is 5.38. The van der Waals surface area contributed by atoms with Crippen molar-refractivity contribution < 1.29 is 17.9 Å². The first-order valence-electron chi connectivity index (χ1n) is 11.3. The molecule has 0 unspecified atom stereocenters. The average Bonchev–Trinajstić information content (AvgIpc) is 2.80. The Balaban J connectivity index is 1.52. The second-order valence-corrected chi connectivity index (χ2v) is 10.4. The third kappa shape index (κ3) is 7.15. The quantitative estimate of drug-likeness (QED) is 0.608. The molecular formula is C25H33N3O4S. The van der Waals surface area contributed by atoms with E-state index in [0.29, 0.717) is 31.9 Å². The van der Waals surface area contributed by atoms with Crippen molar-refractivity contribution in [2.24, 2.45) is 0 Å². The van der Waals surface area contributed by atoms with Gasteiger partial charge in [-0.1, -0.05) is 42.5 Å². The molecule has 178 valence electrons. The van der Waals surface area contributed by atoms with E-state index >= 15 is 0 Å². The third-order valence-corrected chi connectivity index (χ3v) is 7.29. The van der Waals surface area contributed by atoms with Crippen molar-refractivity contribution in [3.05, 3.63) is 66.2 Å². The van der Waals surface area contributed by atoms with E-state index in [1.54, 1.807) is 19.1 Å². The van der Waals surface area contributed by atoms with Crippen LogP contribution in [0.1, 0.15) is 26.3 Å². The van der Waals surface area contributed by atoms with Crippen molar-refractivity contribution in [2.45, 2.75) is 37.8 Å². The van der Waals surface area contributed by atoms with Gasteiger partial charge in [0.2, 0.25) is 10.0 Å². The number of piperazine rings is 1. The first-order valence-corrected chi connectivity index (χ1v) is 12.7. The zero-order chi connectivity index (χ0) is 23.8. The molecule has 1 aliphatic heterocycles. The van der Waals surface area contributed by atoms with Gasteiger partial charge >= 0.3 is 0 Å². The Labute approximate surface area is 197 Å². The number of hydrogen-bond acceptors (Lipinski definition) is 5. The minimum atomic E-state index is -3.57. The number of carbonyl (C=O) groups excluding carboxylic acids is 1. The maximum atomic E-state index is 13.0. The highest BCUT2D eigenvalue weighted by Crippen LogP contribution is 2.21. The second kappa shape index (κ2) is 11.4. The molecule has 0 spiro atoms. The van der Waals surface area contributed by atoms with Gasteiger partial charge in [-0.05, 0) is 50.6 Å². The minimum Gasteiger partial charge on any atom is -0.481 e. The van der Waals surface area contributed by atoms with E-state index in [9.17, 15) is 13.2 Å². The highest BCUT2D eigenvalue weighted by molar-refractivity contribution is 7.89. The molecule has 8 heteroatoms. The van der Waals surface area contributed by atoms with Crippen molar-refractivity contribution >= 4 is 22.0 Å². The van der Waals surface area contributed by atoms with E-state index in [2.05, 4.69) is 34.5 Å². The lowest BCUT2D eigenvalue weighted by Gasteiger charge is -2.33. The summed E-state index contributed by atoms with van der Waals surface area (Å²) in [4.78, 5) is 14.5. The molecule has 3 rings (SSSR count). The molecule has 0 bridgehead atoms. The summed E-state index contributed by atoms with van der Waals surface area (Å²) in [5.41, 5.74) is 1.15. The van der Waals surface area contributed by atoms with Crippen LogP contribution in [0.3, 0.4) is 0 Å². The molecule has 0 aromatic heterocycles. The van der Waals surface area contributed by atoms with Gasteiger partial charge in [0.25, 0.3) is 5.91 Å². The van der Waals surface area contributed by atoms with Crippen molar-refractivity contribution in [3.8, 4) is 5.75 Å². The fraction of sp³-hybridized carbons (Fsp3) is 0.400. The van der Waals surface area contributed by atoms with Gasteiger partial charge < -0.3 is 10.1 Å². The van der Waals surface area contributed by atoms with Crippen LogP contribution in [0.15, 0.2) is 65.6 Å². The summed E-state index contributed by atoms with van der Waals surface area (Å²) in [7, 11) is -3.57. The minimum absolute atomic E-state index is 0.0245. The summed E-state index contributed by atoms with van der Waals surface area (Å²) in [6.07, 6.45) is 3.53. The summed E-state index contributed by atoms with van der Waals surface area (Å²) < 4.78 is 33.3. The lowest BCUT2D eigenvalue weighted by molar-refractivity contribution is -0.127. The van der Waals surface area contributed by atoms with Crippen molar-refractivity contribution in [2.75, 3.05) is 32.7 Å². The largest absolute Gasteiger partial charge is 0.481 e. The van der Waals surface area contributed by atoms with Crippen LogP contribution in [-0.2, 0) is 14.8 Å². The first-order chi connectivity index (χ1) is 15.8. The molecular weight excluding hydrogens is 438 g/mol. The number of nitrogens with zero attached hydrogens (tertiary/aromatic N) is 2. The highest BCUT2D eigenvalue weighted by Gasteiger charge is 2.28. The van der Waals surface area contributed by atoms with Crippen LogP contribution in [-0.4, -0.2) is 68.4 Å². The fourth-order valence-corrected chi connectivity index (χ4v) is 4.98. The molecule has 0 aliphatic carbocycles. The summed E-state index contributed by atoms with van der Waals surface area (Å²) >= 11 is 0. The molecule has 2 aromatic carbocycles. The Morgan fingerprint density at radius 2 is 1.64 bits per heavy atom. The van der Waals surface area contributed by atoms with E-state index in [1.165, 1.54) is 16.4 Å². The number of carbonyl (C=O) groups is 1. The predicted octanol–water partition coefficient (Wildman–Crippen LogP) is 3.00. The van der Waals surface area contributed by atoms with Crippen molar-refractivity contribution in [1.29, 1.82) is 0 Å². The van der Waals surface area contributed by atoms with Crippen LogP contribution < -0.4 is 10.1 Å². The molecule has 7 nitrogen and oxygen atoms in total. The molecule has 1 saturated heterocycles. The molecule has 0 saturated carbocycles. The Kier molecular flexibility index (Phi) is 8.66. The zero-order valence-corrected chi connectivity index (χ0v) is 20.3. The van der Waals surface area contributed by atoms with Gasteiger partial charge in [-0.2, -0.15) is 4.31 Å². The molecule has 1 aliphatic rings. The van der Waals surface area contributed by atoms with Crippen LogP contribution in [0.4, 0.5) is 0 Å². The number of amides is 1. The molecule has 1 heterocycles. The van der Waals surface area contributed by atoms with Crippen LogP contribution in [0, 0.1) is 0 Å². The Bertz CT molecular complexity index is 1030. The maximum Gasteiger partial charge on any atom is 0.260 e. The van der Waals surface area contributed by atoms with Gasteiger partial charge in [0, 0.05) is 38.8 Å². The number of benzene rings is 2. The Morgan fingerprint density at radius 3 is 2.24 bits per heavy atom. The zero-order valence-electron chi connectivity index (χ0n) is 19.5. The normalized spacial score (nSPS) is 16.7. The first kappa shape index (κ1) is 25.0. The van der Waals surface area contributed by atoms with Crippen LogP contribution in [0.25, 0.3) is 6.08 Å². The second-order valence-electron chi connectivity index (χ2n) is 8.41. The number of sulfonamides is 1. The van der Waals surface area contributed by atoms with E-state index in [1.807, 2.05) is 32.0 Å². The molecule has 1 atom stereocenters. The van der Waals surface area contributed by atoms with Gasteiger partial charge in [-0.15, -0.1) is 0 Å². The number of hydrogen-bond donors (Lipinski definition) is 1. The lowest BCUT2D eigenvalue weighted by atomic mass is 10.2. The van der Waals surface area contributed by atoms with E-state index in [4.69, 9.17) is 4.74 Å². The van der Waals surface area contributed by atoms with Gasteiger partial charge in [0.1, 0.15) is 5.75 Å². The van der Waals surface area contributed by atoms with Crippen LogP contribution in [0.2, 0.25) is 0 Å². The van der Waals surface area contributed by atoms with Gasteiger partial charge in [-0.3, -0.25) is 9.69 Å². The number of nitrogens with one attached hydrogen (secondary N) is 1. The molecule has 0 radical (unpaired) electrons. The number of ether oxygens (including phenoxy) is 1. The standard InChI is InChI=1S/C25H33N3O4S/c1-20(2)26-25(29)21(3)32-23-11-13-24(14-12-23)33(30,31)28-18-16-27(17-19-28)15-7-10-22-8-5-4-6-9-22/h4-14,20-21H,15-19H2,1-3H3,(H,26,29)/b10-7+/t21-/m0/s1. The van der Waals surface area contributed by atoms with Gasteiger partial charge in [0.05, 0.1) is 4.90 Å². The van der Waals surface area contributed by atoms with Crippen LogP contribution in [0.5, 0.6) is 5.75 Å². The van der Waals surface area contributed by atoms with Gasteiger partial charge in [-0.25, -0.2) is 8.42 Å². The van der Waals surface area contributed by atoms with E-state index in [-0.39, 0.29) is 16.8 Å². The van der Waals surface area contributed by atoms with Crippen molar-refractivity contribution in [1.82, 2.24) is 14.5 Å². The lowest BCUT2D eigenvalue weighted by Crippen LogP contribution is -2.48. The molecule has 1 amide bonds. The summed E-state index contributed by atoms with van der Waals surface area (Å²) in [6, 6.07) is 16.4. The molecule has 33 heavy (non-hydrogen) atoms. The topological polar surface area (TPSA) is 78.9 Å². The smallest absolute Gasteiger partial charge is 0.260 e. The SMILES string of the molecule is CC(C)NC(=O)[C@H](C)Oc1ccc(S(=O)(=O)N2CCN(C/C=C/c3ccccc3)CC2)cc1. The van der Waals surface area contributed by atoms with Gasteiger partial charge in [0.15, 0.2) is 6.10 Å². The summed E-state index contributed by atoms with van der Waals surface area (Å²) in [5, 5.41) is 2.79. The predicted molar refractivity (Wildman–Crippen MR) is 130 cm³/mol. The Morgan fingerprint density at radius 1 is 1.00 bits per heavy atom. The summed E-state index contributed by atoms with van der Waals surface area (Å²) in [6.45, 7) is 8.48. The monoisotopic (exact) mass is 471 g/mol. The van der Waals surface area contributed by atoms with E-state index < -0.39 is 16.1 Å². The molecule has 1 N–H and O–H groups in total. The molecule has 1 fully saturated rings.